The van der Waals surface area contributed by atoms with E-state index in [1.54, 1.807) is 18.8 Å². The highest BCUT2D eigenvalue weighted by Crippen LogP contribution is 2.29. The number of amides is 1. The van der Waals surface area contributed by atoms with Gasteiger partial charge in [-0.05, 0) is 12.5 Å². The van der Waals surface area contributed by atoms with Crippen molar-refractivity contribution in [2.24, 2.45) is 4.99 Å². The van der Waals surface area contributed by atoms with Crippen LogP contribution >= 0.6 is 11.8 Å². The first-order chi connectivity index (χ1) is 8.70. The topological polar surface area (TPSA) is 53.5 Å². The summed E-state index contributed by atoms with van der Waals surface area (Å²) in [6.07, 6.45) is 0. The van der Waals surface area contributed by atoms with Gasteiger partial charge >= 0.3 is 0 Å². The Labute approximate surface area is 111 Å². The van der Waals surface area contributed by atoms with Crippen molar-refractivity contribution >= 4 is 22.8 Å². The van der Waals surface area contributed by atoms with Crippen molar-refractivity contribution in [1.29, 1.82) is 0 Å². The highest BCUT2D eigenvalue weighted by Gasteiger charge is 2.22. The van der Waals surface area contributed by atoms with E-state index in [1.807, 2.05) is 25.1 Å². The Morgan fingerprint density at radius 2 is 2.17 bits per heavy atom. The van der Waals surface area contributed by atoms with E-state index in [1.165, 1.54) is 5.56 Å². The molecule has 1 aromatic rings. The first kappa shape index (κ1) is 13.0. The SMILES string of the molecule is CNC(=O)C(C)NC1=NC(c2ccccc2)CS1. The lowest BCUT2D eigenvalue weighted by molar-refractivity contribution is -0.121. The number of thioether (sulfide) groups is 1. The van der Waals surface area contributed by atoms with E-state index in [0.29, 0.717) is 0 Å². The molecule has 5 heteroatoms. The van der Waals surface area contributed by atoms with Gasteiger partial charge in [0.1, 0.15) is 6.04 Å². The predicted molar refractivity (Wildman–Crippen MR) is 75.7 cm³/mol. The van der Waals surface area contributed by atoms with Gasteiger partial charge in [-0.2, -0.15) is 0 Å². The Morgan fingerprint density at radius 3 is 2.83 bits per heavy atom. The van der Waals surface area contributed by atoms with E-state index in [4.69, 9.17) is 0 Å². The first-order valence-corrected chi connectivity index (χ1v) is 6.93. The van der Waals surface area contributed by atoms with Crippen molar-refractivity contribution in [3.8, 4) is 0 Å². The largest absolute Gasteiger partial charge is 0.357 e. The molecule has 0 aromatic heterocycles. The zero-order valence-electron chi connectivity index (χ0n) is 10.5. The molecule has 4 nitrogen and oxygen atoms in total. The predicted octanol–water partition coefficient (Wildman–Crippen LogP) is 1.55. The first-order valence-electron chi connectivity index (χ1n) is 5.94. The Morgan fingerprint density at radius 1 is 1.44 bits per heavy atom. The molecule has 0 bridgehead atoms. The molecule has 0 radical (unpaired) electrons. The standard InChI is InChI=1S/C13H17N3OS/c1-9(12(17)14-2)15-13-16-11(8-18-13)10-6-4-3-5-7-10/h3-7,9,11H,8H2,1-2H3,(H,14,17)(H,15,16). The van der Waals surface area contributed by atoms with Gasteiger partial charge in [-0.15, -0.1) is 0 Å². The highest BCUT2D eigenvalue weighted by atomic mass is 32.2. The van der Waals surface area contributed by atoms with E-state index >= 15 is 0 Å². The number of likely N-dealkylation sites (N-methyl/N-ethyl adjacent to an activating group) is 1. The Kier molecular flexibility index (Phi) is 4.25. The molecule has 1 heterocycles. The Hall–Kier alpha value is -1.49. The normalized spacial score (nSPS) is 20.1. The van der Waals surface area contributed by atoms with Gasteiger partial charge in [0.15, 0.2) is 5.17 Å². The molecular formula is C13H17N3OS. The number of carbonyl (C=O) groups is 1. The molecular weight excluding hydrogens is 246 g/mol. The molecule has 1 aromatic carbocycles. The van der Waals surface area contributed by atoms with Gasteiger partial charge in [-0.1, -0.05) is 42.1 Å². The van der Waals surface area contributed by atoms with Gasteiger partial charge in [-0.25, -0.2) is 0 Å². The molecule has 0 saturated heterocycles. The monoisotopic (exact) mass is 263 g/mol. The number of nitrogens with zero attached hydrogens (tertiary/aromatic N) is 1. The molecule has 0 spiro atoms. The lowest BCUT2D eigenvalue weighted by atomic mass is 10.1. The summed E-state index contributed by atoms with van der Waals surface area (Å²) in [7, 11) is 1.64. The van der Waals surface area contributed by atoms with Crippen molar-refractivity contribution in [2.75, 3.05) is 12.8 Å². The molecule has 18 heavy (non-hydrogen) atoms. The van der Waals surface area contributed by atoms with Crippen molar-refractivity contribution in [2.45, 2.75) is 19.0 Å². The lowest BCUT2D eigenvalue weighted by Gasteiger charge is -2.12. The zero-order valence-corrected chi connectivity index (χ0v) is 11.3. The summed E-state index contributed by atoms with van der Waals surface area (Å²) in [6.45, 7) is 1.83. The van der Waals surface area contributed by atoms with Crippen LogP contribution in [0.1, 0.15) is 18.5 Å². The molecule has 1 aliphatic rings. The van der Waals surface area contributed by atoms with Gasteiger partial charge < -0.3 is 10.6 Å². The molecule has 1 aliphatic heterocycles. The van der Waals surface area contributed by atoms with Gasteiger partial charge in [0.25, 0.3) is 0 Å². The lowest BCUT2D eigenvalue weighted by Crippen LogP contribution is -2.42. The third-order valence-corrected chi connectivity index (χ3v) is 3.79. The minimum absolute atomic E-state index is 0.0264. The third-order valence-electron chi connectivity index (χ3n) is 2.82. The minimum Gasteiger partial charge on any atom is -0.357 e. The fourth-order valence-electron chi connectivity index (χ4n) is 1.77. The second-order valence-electron chi connectivity index (χ2n) is 4.15. The summed E-state index contributed by atoms with van der Waals surface area (Å²) < 4.78 is 0. The number of nitrogens with one attached hydrogen (secondary N) is 2. The van der Waals surface area contributed by atoms with Crippen LogP contribution in [0.15, 0.2) is 35.3 Å². The van der Waals surface area contributed by atoms with Crippen LogP contribution in [0, 0.1) is 0 Å². The smallest absolute Gasteiger partial charge is 0.242 e. The fourth-order valence-corrected chi connectivity index (χ4v) is 2.81. The highest BCUT2D eigenvalue weighted by molar-refractivity contribution is 8.14. The summed E-state index contributed by atoms with van der Waals surface area (Å²) in [5.74, 6) is 0.897. The molecule has 0 fully saturated rings. The third kappa shape index (κ3) is 3.04. The summed E-state index contributed by atoms with van der Waals surface area (Å²) >= 11 is 1.66. The quantitative estimate of drug-likeness (QED) is 0.870. The minimum atomic E-state index is -0.254. The number of aliphatic imine (C=N–C) groups is 1. The molecule has 2 atom stereocenters. The number of rotatable bonds is 3. The molecule has 1 amide bonds. The fraction of sp³-hybridized carbons (Fsp3) is 0.385. The van der Waals surface area contributed by atoms with E-state index in [2.05, 4.69) is 27.8 Å². The van der Waals surface area contributed by atoms with Crippen LogP contribution in [0.4, 0.5) is 0 Å². The van der Waals surface area contributed by atoms with Crippen LogP contribution in [-0.2, 0) is 4.79 Å². The van der Waals surface area contributed by atoms with Gasteiger partial charge in [-0.3, -0.25) is 9.79 Å². The molecule has 96 valence electrons. The number of amidine groups is 1. The van der Waals surface area contributed by atoms with Crippen LogP contribution < -0.4 is 10.6 Å². The summed E-state index contributed by atoms with van der Waals surface area (Å²) in [5.41, 5.74) is 1.22. The van der Waals surface area contributed by atoms with Crippen LogP contribution in [0.3, 0.4) is 0 Å². The second kappa shape index (κ2) is 5.91. The van der Waals surface area contributed by atoms with E-state index in [0.717, 1.165) is 10.9 Å². The molecule has 2 rings (SSSR count). The van der Waals surface area contributed by atoms with Crippen molar-refractivity contribution in [3.63, 3.8) is 0 Å². The van der Waals surface area contributed by atoms with Crippen LogP contribution in [-0.4, -0.2) is 29.9 Å². The summed E-state index contributed by atoms with van der Waals surface area (Å²) in [4.78, 5) is 16.0. The number of benzene rings is 1. The maximum Gasteiger partial charge on any atom is 0.242 e. The summed E-state index contributed by atoms with van der Waals surface area (Å²) in [5, 5.41) is 6.59. The maximum atomic E-state index is 11.4. The summed E-state index contributed by atoms with van der Waals surface area (Å²) in [6, 6.07) is 10.1. The van der Waals surface area contributed by atoms with Crippen molar-refractivity contribution in [3.05, 3.63) is 35.9 Å². The van der Waals surface area contributed by atoms with Crippen LogP contribution in [0.25, 0.3) is 0 Å². The number of hydrogen-bond donors (Lipinski definition) is 2. The Balaban J connectivity index is 1.99. The van der Waals surface area contributed by atoms with Gasteiger partial charge in [0.05, 0.1) is 6.04 Å². The molecule has 2 unspecified atom stereocenters. The molecule has 0 saturated carbocycles. The van der Waals surface area contributed by atoms with E-state index in [9.17, 15) is 4.79 Å². The maximum absolute atomic E-state index is 11.4. The number of carbonyl (C=O) groups excluding carboxylic acids is 1. The van der Waals surface area contributed by atoms with Gasteiger partial charge in [0, 0.05) is 12.8 Å². The average Bonchev–Trinajstić information content (AvgIpc) is 2.87. The van der Waals surface area contributed by atoms with Crippen molar-refractivity contribution < 1.29 is 4.79 Å². The number of hydrogen-bond acceptors (Lipinski definition) is 4. The van der Waals surface area contributed by atoms with Crippen molar-refractivity contribution in [1.82, 2.24) is 10.6 Å². The van der Waals surface area contributed by atoms with E-state index < -0.39 is 0 Å². The van der Waals surface area contributed by atoms with Gasteiger partial charge in [0.2, 0.25) is 5.91 Å². The van der Waals surface area contributed by atoms with Crippen LogP contribution in [0.5, 0.6) is 0 Å². The van der Waals surface area contributed by atoms with Crippen LogP contribution in [0.2, 0.25) is 0 Å². The molecule has 0 aliphatic carbocycles. The second-order valence-corrected chi connectivity index (χ2v) is 5.16. The Bertz CT molecular complexity index is 447. The van der Waals surface area contributed by atoms with E-state index in [-0.39, 0.29) is 18.0 Å². The zero-order chi connectivity index (χ0) is 13.0. The molecule has 2 N–H and O–H groups in total. The average molecular weight is 263 g/mol.